The number of H-pyrrole nitrogens is 1. The second-order valence-electron chi connectivity index (χ2n) is 7.06. The van der Waals surface area contributed by atoms with Crippen molar-refractivity contribution in [2.45, 2.75) is 64.1 Å². The highest BCUT2D eigenvalue weighted by Crippen LogP contribution is 2.35. The molecule has 3 heterocycles. The van der Waals surface area contributed by atoms with Gasteiger partial charge in [-0.3, -0.25) is 9.59 Å². The van der Waals surface area contributed by atoms with Gasteiger partial charge in [-0.05, 0) is 32.6 Å². The van der Waals surface area contributed by atoms with Crippen molar-refractivity contribution in [3.8, 4) is 0 Å². The normalized spacial score (nSPS) is 23.0. The summed E-state index contributed by atoms with van der Waals surface area (Å²) in [4.78, 5) is 33.7. The molecule has 1 atom stereocenters. The molecule has 0 aliphatic carbocycles. The smallest absolute Gasteiger partial charge is 0.254 e. The molecule has 2 aliphatic rings. The zero-order chi connectivity index (χ0) is 18.0. The highest BCUT2D eigenvalue weighted by atomic mass is 16.5. The lowest BCUT2D eigenvalue weighted by atomic mass is 9.82. The number of amides is 1. The maximum absolute atomic E-state index is 12.6. The lowest BCUT2D eigenvalue weighted by molar-refractivity contribution is -0.179. The molecule has 0 bridgehead atoms. The van der Waals surface area contributed by atoms with Crippen LogP contribution in [0.4, 0.5) is 0 Å². The predicted molar refractivity (Wildman–Crippen MR) is 92.4 cm³/mol. The number of ether oxygens (including phenoxy) is 1. The van der Waals surface area contributed by atoms with Crippen molar-refractivity contribution in [1.82, 2.24) is 14.9 Å². The van der Waals surface area contributed by atoms with Crippen LogP contribution >= 0.6 is 0 Å². The van der Waals surface area contributed by atoms with Crippen molar-refractivity contribution in [1.29, 1.82) is 0 Å². The molecule has 0 saturated carbocycles. The average molecular weight is 349 g/mol. The number of piperidine rings is 1. The summed E-state index contributed by atoms with van der Waals surface area (Å²) in [6, 6.07) is 0. The van der Waals surface area contributed by atoms with E-state index in [1.165, 1.54) is 0 Å². The van der Waals surface area contributed by atoms with Gasteiger partial charge < -0.3 is 19.7 Å². The largest absolute Gasteiger partial charge is 0.390 e. The van der Waals surface area contributed by atoms with Gasteiger partial charge in [-0.1, -0.05) is 6.92 Å². The standard InChI is InChI=1S/C18H27N3O4/c1-3-15-19-12(2)13(17(24)20-15)11-16(23)21-8-6-18(7-9-21)14(22)5-4-10-25-18/h14,22H,3-11H2,1-2H3,(H,19,20,24)/t14-/m0/s1. The second kappa shape index (κ2) is 7.25. The van der Waals surface area contributed by atoms with Crippen molar-refractivity contribution in [2.24, 2.45) is 0 Å². The predicted octanol–water partition coefficient (Wildman–Crippen LogP) is 0.716. The number of nitrogens with zero attached hydrogens (tertiary/aromatic N) is 2. The molecule has 0 aromatic carbocycles. The highest BCUT2D eigenvalue weighted by Gasteiger charge is 2.44. The van der Waals surface area contributed by atoms with E-state index < -0.39 is 11.7 Å². The molecule has 0 unspecified atom stereocenters. The summed E-state index contributed by atoms with van der Waals surface area (Å²) < 4.78 is 5.88. The molecule has 25 heavy (non-hydrogen) atoms. The van der Waals surface area contributed by atoms with E-state index in [0.717, 1.165) is 12.8 Å². The van der Waals surface area contributed by atoms with Gasteiger partial charge >= 0.3 is 0 Å². The van der Waals surface area contributed by atoms with Crippen LogP contribution in [0.1, 0.15) is 49.7 Å². The molecule has 2 N–H and O–H groups in total. The molecule has 1 amide bonds. The number of aromatic amines is 1. The molecular formula is C18H27N3O4. The molecule has 0 radical (unpaired) electrons. The molecule has 7 nitrogen and oxygen atoms in total. The van der Waals surface area contributed by atoms with Crippen LogP contribution in [0.15, 0.2) is 4.79 Å². The molecule has 2 saturated heterocycles. The van der Waals surface area contributed by atoms with Gasteiger partial charge in [0.25, 0.3) is 5.56 Å². The molecule has 1 aromatic heterocycles. The number of carbonyl (C=O) groups excluding carboxylic acids is 1. The van der Waals surface area contributed by atoms with E-state index in [9.17, 15) is 14.7 Å². The number of rotatable bonds is 3. The molecule has 1 aromatic rings. The number of aromatic nitrogens is 2. The summed E-state index contributed by atoms with van der Waals surface area (Å²) in [6.07, 6.45) is 3.20. The van der Waals surface area contributed by atoms with E-state index in [4.69, 9.17) is 4.74 Å². The van der Waals surface area contributed by atoms with Gasteiger partial charge in [0.2, 0.25) is 5.91 Å². The fourth-order valence-corrected chi connectivity index (χ4v) is 3.83. The number of likely N-dealkylation sites (tertiary alicyclic amines) is 1. The van der Waals surface area contributed by atoms with Crippen LogP contribution in [0.3, 0.4) is 0 Å². The number of carbonyl (C=O) groups is 1. The van der Waals surface area contributed by atoms with Crippen molar-refractivity contribution in [2.75, 3.05) is 19.7 Å². The molecule has 7 heteroatoms. The summed E-state index contributed by atoms with van der Waals surface area (Å²) in [5, 5.41) is 10.3. The number of aliphatic hydroxyl groups excluding tert-OH is 1. The van der Waals surface area contributed by atoms with E-state index >= 15 is 0 Å². The van der Waals surface area contributed by atoms with Crippen LogP contribution in [-0.4, -0.2) is 57.3 Å². The Balaban J connectivity index is 1.65. The Morgan fingerprint density at radius 2 is 2.16 bits per heavy atom. The minimum atomic E-state index is -0.493. The Morgan fingerprint density at radius 1 is 1.44 bits per heavy atom. The van der Waals surface area contributed by atoms with Crippen LogP contribution in [-0.2, 0) is 22.4 Å². The van der Waals surface area contributed by atoms with Gasteiger partial charge in [0.15, 0.2) is 0 Å². The van der Waals surface area contributed by atoms with Gasteiger partial charge in [-0.2, -0.15) is 0 Å². The first-order chi connectivity index (χ1) is 11.9. The van der Waals surface area contributed by atoms with Crippen LogP contribution in [0.5, 0.6) is 0 Å². The topological polar surface area (TPSA) is 95.5 Å². The Kier molecular flexibility index (Phi) is 5.24. The van der Waals surface area contributed by atoms with Gasteiger partial charge in [-0.25, -0.2) is 4.98 Å². The fraction of sp³-hybridized carbons (Fsp3) is 0.722. The monoisotopic (exact) mass is 349 g/mol. The molecule has 3 rings (SSSR count). The third-order valence-corrected chi connectivity index (χ3v) is 5.52. The van der Waals surface area contributed by atoms with Gasteiger partial charge in [0, 0.05) is 37.4 Å². The number of nitrogens with one attached hydrogen (secondary N) is 1. The second-order valence-corrected chi connectivity index (χ2v) is 7.06. The molecule has 138 valence electrons. The quantitative estimate of drug-likeness (QED) is 0.838. The number of hydrogen-bond acceptors (Lipinski definition) is 5. The minimum Gasteiger partial charge on any atom is -0.390 e. The van der Waals surface area contributed by atoms with Crippen molar-refractivity contribution >= 4 is 5.91 Å². The van der Waals surface area contributed by atoms with E-state index in [1.807, 2.05) is 6.92 Å². The third-order valence-electron chi connectivity index (χ3n) is 5.52. The Morgan fingerprint density at radius 3 is 2.76 bits per heavy atom. The van der Waals surface area contributed by atoms with Gasteiger partial charge in [-0.15, -0.1) is 0 Å². The maximum atomic E-state index is 12.6. The Labute approximate surface area is 147 Å². The van der Waals surface area contributed by atoms with Crippen molar-refractivity contribution in [3.05, 3.63) is 27.4 Å². The zero-order valence-electron chi connectivity index (χ0n) is 15.0. The summed E-state index contributed by atoms with van der Waals surface area (Å²) in [5.74, 6) is 0.571. The SMILES string of the molecule is CCc1nc(C)c(CC(=O)N2CCC3(CC2)OCCC[C@@H]3O)c(=O)[nH]1. The first kappa shape index (κ1) is 18.1. The number of hydrogen-bond donors (Lipinski definition) is 2. The fourth-order valence-electron chi connectivity index (χ4n) is 3.83. The summed E-state index contributed by atoms with van der Waals surface area (Å²) in [5.41, 5.74) is 0.342. The maximum Gasteiger partial charge on any atom is 0.254 e. The Hall–Kier alpha value is -1.73. The van der Waals surface area contributed by atoms with E-state index in [-0.39, 0.29) is 17.9 Å². The van der Waals surface area contributed by atoms with Crippen LogP contribution in [0.2, 0.25) is 0 Å². The lowest BCUT2D eigenvalue weighted by Gasteiger charge is -2.46. The molecular weight excluding hydrogens is 322 g/mol. The third kappa shape index (κ3) is 3.62. The average Bonchev–Trinajstić information content (AvgIpc) is 2.61. The number of aliphatic hydroxyl groups is 1. The van der Waals surface area contributed by atoms with Crippen molar-refractivity contribution < 1.29 is 14.6 Å². The zero-order valence-corrected chi connectivity index (χ0v) is 15.0. The van der Waals surface area contributed by atoms with Crippen molar-refractivity contribution in [3.63, 3.8) is 0 Å². The number of aryl methyl sites for hydroxylation is 2. The summed E-state index contributed by atoms with van der Waals surface area (Å²) in [6.45, 7) is 5.47. The highest BCUT2D eigenvalue weighted by molar-refractivity contribution is 5.79. The molecule has 2 fully saturated rings. The molecule has 2 aliphatic heterocycles. The minimum absolute atomic E-state index is 0.0641. The summed E-state index contributed by atoms with van der Waals surface area (Å²) in [7, 11) is 0. The van der Waals surface area contributed by atoms with E-state index in [1.54, 1.807) is 11.8 Å². The van der Waals surface area contributed by atoms with Gasteiger partial charge in [0.05, 0.1) is 18.1 Å². The first-order valence-electron chi connectivity index (χ1n) is 9.13. The van der Waals surface area contributed by atoms with E-state index in [2.05, 4.69) is 9.97 Å². The van der Waals surface area contributed by atoms with E-state index in [0.29, 0.717) is 56.0 Å². The van der Waals surface area contributed by atoms with Crippen LogP contribution in [0.25, 0.3) is 0 Å². The Bertz CT molecular complexity index is 692. The summed E-state index contributed by atoms with van der Waals surface area (Å²) >= 11 is 0. The first-order valence-corrected chi connectivity index (χ1v) is 9.13. The van der Waals surface area contributed by atoms with Crippen LogP contribution in [0, 0.1) is 6.92 Å². The van der Waals surface area contributed by atoms with Crippen LogP contribution < -0.4 is 5.56 Å². The lowest BCUT2D eigenvalue weighted by Crippen LogP contribution is -2.56. The molecule has 1 spiro atoms. The van der Waals surface area contributed by atoms with Gasteiger partial charge in [0.1, 0.15) is 5.82 Å².